The van der Waals surface area contributed by atoms with Crippen molar-refractivity contribution in [3.8, 4) is 0 Å². The summed E-state index contributed by atoms with van der Waals surface area (Å²) < 4.78 is 0. The van der Waals surface area contributed by atoms with Gasteiger partial charge in [0.05, 0.1) is 30.5 Å². The molecule has 0 bridgehead atoms. The largest absolute Gasteiger partial charge is 3.00 e. The van der Waals surface area contributed by atoms with Crippen LogP contribution in [0.2, 0.25) is 0 Å². The van der Waals surface area contributed by atoms with Crippen LogP contribution in [0.3, 0.4) is 0 Å². The fourth-order valence-electron chi connectivity index (χ4n) is 0. The quantitative estimate of drug-likeness (QED) is 0.225. The van der Waals surface area contributed by atoms with Gasteiger partial charge in [0.1, 0.15) is 0 Å². The normalized spacial score (nSPS) is 5.54. The summed E-state index contributed by atoms with van der Waals surface area (Å²) in [5.74, 6) is 0. The molecule has 0 aliphatic carbocycles. The van der Waals surface area contributed by atoms with Crippen molar-refractivity contribution in [1.29, 1.82) is 0 Å². The van der Waals surface area contributed by atoms with E-state index in [9.17, 15) is 0 Å². The van der Waals surface area contributed by atoms with Gasteiger partial charge in [0, 0.05) is 0 Å². The zero-order valence-electron chi connectivity index (χ0n) is 11.1. The molecule has 0 amide bonds. The smallest absolute Gasteiger partial charge is 0.356 e. The monoisotopic (exact) mass is 603 g/mol. The van der Waals surface area contributed by atoms with Crippen molar-refractivity contribution in [3.63, 3.8) is 0 Å². The summed E-state index contributed by atoms with van der Waals surface area (Å²) in [6, 6.07) is 0. The van der Waals surface area contributed by atoms with E-state index in [1.54, 1.807) is 0 Å². The molecule has 0 saturated carbocycles. The molecule has 0 saturated heterocycles. The van der Waals surface area contributed by atoms with Crippen LogP contribution in [0.5, 0.6) is 0 Å². The molecule has 26 heteroatoms. The standard InChI is InChI=1S/6NO3.Nd.Y/c6*2-1(3)4;;/q6*-1;2*+3. The van der Waals surface area contributed by atoms with Crippen molar-refractivity contribution >= 4 is 0 Å². The molecule has 24 nitrogen and oxygen atoms in total. The summed E-state index contributed by atoms with van der Waals surface area (Å²) in [4.78, 5) is 49.5. The van der Waals surface area contributed by atoms with Crippen LogP contribution in [0.25, 0.3) is 0 Å². The van der Waals surface area contributed by atoms with Crippen LogP contribution in [0.1, 0.15) is 0 Å². The molecule has 0 aliphatic rings. The molecule has 0 spiro atoms. The van der Waals surface area contributed by atoms with Crippen LogP contribution in [0.4, 0.5) is 0 Å². The van der Waals surface area contributed by atoms with Gasteiger partial charge in [-0.15, -0.1) is 0 Å². The van der Waals surface area contributed by atoms with Crippen molar-refractivity contribution in [2.24, 2.45) is 0 Å². The molecule has 0 aromatic carbocycles. The van der Waals surface area contributed by atoms with Crippen LogP contribution in [0, 0.1) is 133 Å². The van der Waals surface area contributed by atoms with Gasteiger partial charge in [-0.25, -0.2) is 0 Å². The molecule has 0 aromatic heterocycles. The molecule has 0 unspecified atom stereocenters. The first-order valence-corrected chi connectivity index (χ1v) is 3.29. The van der Waals surface area contributed by atoms with E-state index >= 15 is 0 Å². The topological polar surface area (TPSA) is 397 Å². The van der Waals surface area contributed by atoms with Crippen LogP contribution >= 0.6 is 0 Å². The summed E-state index contributed by atoms with van der Waals surface area (Å²) in [7, 11) is 0. The number of rotatable bonds is 0. The van der Waals surface area contributed by atoms with Gasteiger partial charge in [-0.2, -0.15) is 0 Å². The summed E-state index contributed by atoms with van der Waals surface area (Å²) in [5, 5.41) is 88.5. The minimum atomic E-state index is -1.75. The third kappa shape index (κ3) is 1680. The Balaban J connectivity index is -0.0000000245. The van der Waals surface area contributed by atoms with E-state index in [1.165, 1.54) is 0 Å². The van der Waals surface area contributed by atoms with Gasteiger partial charge in [-0.1, -0.05) is 0 Å². The van der Waals surface area contributed by atoms with Gasteiger partial charge in [-0.05, 0) is 0 Å². The molecular weight excluding hydrogens is 605 g/mol. The van der Waals surface area contributed by atoms with Crippen LogP contribution in [-0.4, -0.2) is 30.5 Å². The summed E-state index contributed by atoms with van der Waals surface area (Å²) in [5.41, 5.74) is 0. The van der Waals surface area contributed by atoms with E-state index < -0.39 is 30.5 Å². The predicted octanol–water partition coefficient (Wildman–Crippen LogP) is -1.44. The van der Waals surface area contributed by atoms with E-state index in [4.69, 9.17) is 91.9 Å². The molecule has 0 aliphatic heterocycles. The van der Waals surface area contributed by atoms with E-state index in [0.29, 0.717) is 0 Å². The first-order valence-electron chi connectivity index (χ1n) is 3.29. The molecule has 145 valence electrons. The third-order valence-electron chi connectivity index (χ3n) is 0. The Labute approximate surface area is 194 Å². The Kier molecular flexibility index (Phi) is 82.6. The first kappa shape index (κ1) is 49.5. The molecule has 0 atom stereocenters. The SMILES string of the molecule is O=[N+]([O-])[O-].O=[N+]([O-])[O-].O=[N+]([O-])[O-].O=[N+]([O-])[O-].O=[N+]([O-])[O-].O=[N+]([O-])[O-].[Nd+3].[Y+3]. The second-order valence-corrected chi connectivity index (χ2v) is 1.34. The van der Waals surface area contributed by atoms with Crippen LogP contribution < -0.4 is 0 Å². The van der Waals surface area contributed by atoms with Crippen molar-refractivity contribution in [2.75, 3.05) is 0 Å². The first-order chi connectivity index (χ1) is 10.4. The molecule has 1 radical (unpaired) electrons. The maximum Gasteiger partial charge on any atom is 3.00 e. The Hall–Kier alpha value is -2.35. The molecule has 0 fully saturated rings. The van der Waals surface area contributed by atoms with Gasteiger partial charge in [0.2, 0.25) is 0 Å². The zero-order chi connectivity index (χ0) is 21.5. The van der Waals surface area contributed by atoms with Gasteiger partial charge in [0.25, 0.3) is 0 Å². The van der Waals surface area contributed by atoms with Gasteiger partial charge in [0.15, 0.2) is 0 Å². The van der Waals surface area contributed by atoms with E-state index in [2.05, 4.69) is 0 Å². The fraction of sp³-hybridized carbons (Fsp3) is 0. The predicted molar refractivity (Wildman–Crippen MR) is 62.2 cm³/mol. The average Bonchev–Trinajstić information content (AvgIpc) is 2.08. The van der Waals surface area contributed by atoms with Crippen molar-refractivity contribution in [1.82, 2.24) is 0 Å². The van der Waals surface area contributed by atoms with Gasteiger partial charge < -0.3 is 91.9 Å². The summed E-state index contributed by atoms with van der Waals surface area (Å²) in [6.45, 7) is 0. The maximum absolute atomic E-state index is 8.25. The van der Waals surface area contributed by atoms with Gasteiger partial charge in [-0.3, -0.25) is 0 Å². The zero-order valence-corrected chi connectivity index (χ0v) is 17.2. The van der Waals surface area contributed by atoms with Crippen LogP contribution in [0.15, 0.2) is 0 Å². The molecule has 0 heterocycles. The summed E-state index contributed by atoms with van der Waals surface area (Å²) >= 11 is 0. The van der Waals surface area contributed by atoms with Crippen molar-refractivity contribution in [2.45, 2.75) is 0 Å². The minimum absolute atomic E-state index is 0. The Morgan fingerprint density at radius 1 is 0.308 bits per heavy atom. The second kappa shape index (κ2) is 43.3. The average molecular weight is 605 g/mol. The number of hydrogen-bond donors (Lipinski definition) is 0. The minimum Gasteiger partial charge on any atom is -0.356 e. The molecule has 0 rings (SSSR count). The molecule has 26 heavy (non-hydrogen) atoms. The second-order valence-electron chi connectivity index (χ2n) is 1.34. The summed E-state index contributed by atoms with van der Waals surface area (Å²) in [6.07, 6.45) is 0. The van der Waals surface area contributed by atoms with E-state index in [1.807, 2.05) is 0 Å². The molecule has 0 N–H and O–H groups in total. The molecular formula is N6NdO18Y. The third-order valence-corrected chi connectivity index (χ3v) is 0. The Morgan fingerprint density at radius 2 is 0.308 bits per heavy atom. The van der Waals surface area contributed by atoms with Crippen LogP contribution in [-0.2, 0) is 32.7 Å². The van der Waals surface area contributed by atoms with E-state index in [-0.39, 0.29) is 73.5 Å². The number of hydrogen-bond acceptors (Lipinski definition) is 18. The number of nitrogens with zero attached hydrogens (tertiary/aromatic N) is 6. The van der Waals surface area contributed by atoms with Gasteiger partial charge >= 0.3 is 73.5 Å². The Bertz CT molecular complexity index is 263. The maximum atomic E-state index is 8.25. The van der Waals surface area contributed by atoms with E-state index in [0.717, 1.165) is 0 Å². The molecule has 0 aromatic rings. The van der Waals surface area contributed by atoms with Crippen molar-refractivity contribution in [3.05, 3.63) is 91.9 Å². The Morgan fingerprint density at radius 3 is 0.308 bits per heavy atom. The van der Waals surface area contributed by atoms with Crippen molar-refractivity contribution < 1.29 is 104 Å². The fourth-order valence-corrected chi connectivity index (χ4v) is 0.